The molecule has 88 valence electrons. The summed E-state index contributed by atoms with van der Waals surface area (Å²) in [7, 11) is 1.53. The van der Waals surface area contributed by atoms with Crippen LogP contribution in [-0.2, 0) is 4.79 Å². The van der Waals surface area contributed by atoms with Crippen LogP contribution in [0.25, 0.3) is 0 Å². The van der Waals surface area contributed by atoms with Gasteiger partial charge in [0.2, 0.25) is 0 Å². The zero-order valence-electron chi connectivity index (χ0n) is 8.88. The van der Waals surface area contributed by atoms with E-state index in [-0.39, 0.29) is 12.6 Å². The van der Waals surface area contributed by atoms with Gasteiger partial charge in [-0.15, -0.1) is 5.10 Å². The molecule has 8 heteroatoms. The summed E-state index contributed by atoms with van der Waals surface area (Å²) in [5, 5.41) is 15.3. The molecule has 0 saturated heterocycles. The number of nitrogens with one attached hydrogen (secondary N) is 1. The molecule has 0 bridgehead atoms. The third kappa shape index (κ3) is 3.46. The van der Waals surface area contributed by atoms with E-state index < -0.39 is 11.9 Å². The summed E-state index contributed by atoms with van der Waals surface area (Å²) in [5.41, 5.74) is 0. The monoisotopic (exact) mass is 244 g/mol. The van der Waals surface area contributed by atoms with Gasteiger partial charge in [-0.1, -0.05) is 11.4 Å². The predicted octanol–water partition coefficient (Wildman–Crippen LogP) is 0.723. The summed E-state index contributed by atoms with van der Waals surface area (Å²) in [5.74, 6) is -1.53. The van der Waals surface area contributed by atoms with Crippen LogP contribution < -0.4 is 5.32 Å². The van der Waals surface area contributed by atoms with Crippen molar-refractivity contribution in [1.29, 1.82) is 0 Å². The van der Waals surface area contributed by atoms with Crippen molar-refractivity contribution < 1.29 is 14.7 Å². The lowest BCUT2D eigenvalue weighted by atomic mass is 10.2. The number of aromatic nitrogens is 2. The molecule has 0 aromatic carbocycles. The van der Waals surface area contributed by atoms with Crippen LogP contribution in [-0.4, -0.2) is 45.2 Å². The van der Waals surface area contributed by atoms with Crippen LogP contribution in [0.2, 0.25) is 0 Å². The molecule has 1 aromatic heterocycles. The van der Waals surface area contributed by atoms with Crippen LogP contribution in [0.15, 0.2) is 6.20 Å². The van der Waals surface area contributed by atoms with Gasteiger partial charge in [0.1, 0.15) is 5.00 Å². The van der Waals surface area contributed by atoms with Crippen molar-refractivity contribution in [1.82, 2.24) is 14.5 Å². The van der Waals surface area contributed by atoms with Gasteiger partial charge in [0.05, 0.1) is 12.1 Å². The third-order valence-electron chi connectivity index (χ3n) is 1.91. The SMILES string of the molecule is CC(CN(C)C(=O)Nc1cnns1)C(=O)O. The Kier molecular flexibility index (Phi) is 4.18. The molecule has 1 unspecified atom stereocenters. The zero-order valence-corrected chi connectivity index (χ0v) is 9.69. The molecule has 0 saturated carbocycles. The third-order valence-corrected chi connectivity index (χ3v) is 2.49. The molecule has 0 aliphatic rings. The van der Waals surface area contributed by atoms with E-state index >= 15 is 0 Å². The van der Waals surface area contributed by atoms with Crippen molar-refractivity contribution in [2.75, 3.05) is 18.9 Å². The average molecular weight is 244 g/mol. The van der Waals surface area contributed by atoms with Gasteiger partial charge >= 0.3 is 12.0 Å². The molecule has 0 radical (unpaired) electrons. The van der Waals surface area contributed by atoms with Crippen molar-refractivity contribution in [2.45, 2.75) is 6.92 Å². The number of anilines is 1. The molecule has 0 aliphatic heterocycles. The van der Waals surface area contributed by atoms with Crippen molar-refractivity contribution >= 4 is 28.5 Å². The molecule has 1 rings (SSSR count). The molecule has 0 spiro atoms. The topological polar surface area (TPSA) is 95.4 Å². The quantitative estimate of drug-likeness (QED) is 0.813. The van der Waals surface area contributed by atoms with Crippen molar-refractivity contribution in [3.63, 3.8) is 0 Å². The highest BCUT2D eigenvalue weighted by molar-refractivity contribution is 7.10. The number of carboxylic acid groups (broad SMARTS) is 1. The van der Waals surface area contributed by atoms with Crippen LogP contribution in [0.4, 0.5) is 9.80 Å². The molecule has 1 heterocycles. The van der Waals surface area contributed by atoms with Crippen molar-refractivity contribution in [3.8, 4) is 0 Å². The number of rotatable bonds is 4. The lowest BCUT2D eigenvalue weighted by Crippen LogP contribution is -2.36. The first-order valence-electron chi connectivity index (χ1n) is 4.53. The molecule has 2 N–H and O–H groups in total. The standard InChI is InChI=1S/C8H12N4O3S/c1-5(7(13)14)4-12(2)8(15)10-6-3-9-11-16-6/h3,5H,4H2,1-2H3,(H,10,15)(H,13,14). The molecule has 2 amide bonds. The summed E-state index contributed by atoms with van der Waals surface area (Å²) in [6.45, 7) is 1.69. The van der Waals surface area contributed by atoms with E-state index in [0.717, 1.165) is 11.5 Å². The van der Waals surface area contributed by atoms with E-state index in [0.29, 0.717) is 5.00 Å². The molecular weight excluding hydrogens is 232 g/mol. The Balaban J connectivity index is 2.45. The van der Waals surface area contributed by atoms with E-state index in [1.807, 2.05) is 0 Å². The van der Waals surface area contributed by atoms with Crippen LogP contribution in [0.5, 0.6) is 0 Å². The zero-order chi connectivity index (χ0) is 12.1. The van der Waals surface area contributed by atoms with Gasteiger partial charge in [-0.25, -0.2) is 4.79 Å². The van der Waals surface area contributed by atoms with Gasteiger partial charge in [-0.3, -0.25) is 10.1 Å². The number of carbonyl (C=O) groups excluding carboxylic acids is 1. The van der Waals surface area contributed by atoms with Crippen LogP contribution in [0.3, 0.4) is 0 Å². The molecule has 1 aromatic rings. The second kappa shape index (κ2) is 5.40. The van der Waals surface area contributed by atoms with E-state index in [1.54, 1.807) is 6.92 Å². The Hall–Kier alpha value is -1.70. The first-order chi connectivity index (χ1) is 7.50. The number of urea groups is 1. The number of hydrogen-bond donors (Lipinski definition) is 2. The largest absolute Gasteiger partial charge is 0.481 e. The number of amides is 2. The van der Waals surface area contributed by atoms with E-state index in [9.17, 15) is 9.59 Å². The van der Waals surface area contributed by atoms with E-state index in [4.69, 9.17) is 5.11 Å². The van der Waals surface area contributed by atoms with Crippen LogP contribution in [0.1, 0.15) is 6.92 Å². The van der Waals surface area contributed by atoms with Gasteiger partial charge in [0.15, 0.2) is 0 Å². The molecule has 7 nitrogen and oxygen atoms in total. The number of hydrogen-bond acceptors (Lipinski definition) is 5. The van der Waals surface area contributed by atoms with Gasteiger partial charge in [-0.2, -0.15) is 0 Å². The number of aliphatic carboxylic acids is 1. The minimum atomic E-state index is -0.931. The number of carbonyl (C=O) groups is 2. The second-order valence-corrected chi connectivity index (χ2v) is 4.12. The van der Waals surface area contributed by atoms with E-state index in [1.165, 1.54) is 18.1 Å². The van der Waals surface area contributed by atoms with Crippen molar-refractivity contribution in [2.24, 2.45) is 5.92 Å². The molecule has 0 aliphatic carbocycles. The van der Waals surface area contributed by atoms with Crippen LogP contribution >= 0.6 is 11.5 Å². The minimum absolute atomic E-state index is 0.146. The highest BCUT2D eigenvalue weighted by Crippen LogP contribution is 2.10. The Morgan fingerprint density at radius 1 is 1.69 bits per heavy atom. The minimum Gasteiger partial charge on any atom is -0.481 e. The summed E-state index contributed by atoms with van der Waals surface area (Å²) in [6, 6.07) is -0.376. The summed E-state index contributed by atoms with van der Waals surface area (Å²) < 4.78 is 3.59. The molecule has 16 heavy (non-hydrogen) atoms. The maximum absolute atomic E-state index is 11.5. The number of carboxylic acids is 1. The second-order valence-electron chi connectivity index (χ2n) is 3.33. The first kappa shape index (κ1) is 12.4. The van der Waals surface area contributed by atoms with E-state index in [2.05, 4.69) is 14.9 Å². The predicted molar refractivity (Wildman–Crippen MR) is 58.4 cm³/mol. The van der Waals surface area contributed by atoms with Gasteiger partial charge in [0.25, 0.3) is 0 Å². The lowest BCUT2D eigenvalue weighted by Gasteiger charge is -2.19. The van der Waals surface area contributed by atoms with Gasteiger partial charge < -0.3 is 10.0 Å². The van der Waals surface area contributed by atoms with Crippen LogP contribution in [0, 0.1) is 5.92 Å². The fourth-order valence-corrected chi connectivity index (χ4v) is 1.40. The summed E-state index contributed by atoms with van der Waals surface area (Å²) >= 11 is 1.06. The normalized spacial score (nSPS) is 11.9. The fraction of sp³-hybridized carbons (Fsp3) is 0.500. The summed E-state index contributed by atoms with van der Waals surface area (Å²) in [6.07, 6.45) is 1.43. The Morgan fingerprint density at radius 2 is 2.38 bits per heavy atom. The fourth-order valence-electron chi connectivity index (χ4n) is 0.995. The molecule has 0 fully saturated rings. The molecule has 1 atom stereocenters. The highest BCUT2D eigenvalue weighted by Gasteiger charge is 2.17. The van der Waals surface area contributed by atoms with Gasteiger partial charge in [0, 0.05) is 25.1 Å². The first-order valence-corrected chi connectivity index (χ1v) is 5.30. The Morgan fingerprint density at radius 3 is 2.88 bits per heavy atom. The van der Waals surface area contributed by atoms with Crippen molar-refractivity contribution in [3.05, 3.63) is 6.20 Å². The lowest BCUT2D eigenvalue weighted by molar-refractivity contribution is -0.141. The maximum atomic E-state index is 11.5. The number of nitrogens with zero attached hydrogens (tertiary/aromatic N) is 3. The Bertz CT molecular complexity index is 367. The molecular formula is C8H12N4O3S. The Labute approximate surface area is 96.2 Å². The van der Waals surface area contributed by atoms with Gasteiger partial charge in [-0.05, 0) is 0 Å². The maximum Gasteiger partial charge on any atom is 0.322 e. The highest BCUT2D eigenvalue weighted by atomic mass is 32.1. The average Bonchev–Trinajstić information content (AvgIpc) is 2.69. The summed E-state index contributed by atoms with van der Waals surface area (Å²) in [4.78, 5) is 23.4. The smallest absolute Gasteiger partial charge is 0.322 e.